The predicted octanol–water partition coefficient (Wildman–Crippen LogP) is 2.43. The van der Waals surface area contributed by atoms with Crippen molar-refractivity contribution in [3.05, 3.63) is 35.9 Å². The van der Waals surface area contributed by atoms with Gasteiger partial charge in [0, 0.05) is 25.6 Å². The number of Topliss-reactive ketones (excluding diaryl/α,β-unsaturated/α-hetero) is 1. The van der Waals surface area contributed by atoms with Gasteiger partial charge in [0.15, 0.2) is 0 Å². The second kappa shape index (κ2) is 6.66. The third kappa shape index (κ3) is 3.65. The molecule has 1 fully saturated rings. The van der Waals surface area contributed by atoms with E-state index in [2.05, 4.69) is 29.2 Å². The first kappa shape index (κ1) is 13.2. The first-order chi connectivity index (χ1) is 8.77. The maximum absolute atomic E-state index is 11.2. The Morgan fingerprint density at radius 3 is 2.56 bits per heavy atom. The van der Waals surface area contributed by atoms with Gasteiger partial charge in [0.2, 0.25) is 0 Å². The number of hydrogen-bond donors (Lipinski definition) is 0. The molecule has 1 aliphatic heterocycles. The maximum Gasteiger partial charge on any atom is 0.129 e. The lowest BCUT2D eigenvalue weighted by Crippen LogP contribution is -2.39. The first-order valence-electron chi connectivity index (χ1n) is 6.63. The van der Waals surface area contributed by atoms with Crippen LogP contribution in [0.5, 0.6) is 0 Å². The minimum Gasteiger partial charge on any atom is -0.379 e. The summed E-state index contributed by atoms with van der Waals surface area (Å²) in [6, 6.07) is 10.8. The lowest BCUT2D eigenvalue weighted by atomic mass is 9.99. The molecule has 1 aliphatic rings. The molecule has 1 heterocycles. The van der Waals surface area contributed by atoms with Gasteiger partial charge in [0.25, 0.3) is 0 Å². The lowest BCUT2D eigenvalue weighted by molar-refractivity contribution is -0.117. The summed E-state index contributed by atoms with van der Waals surface area (Å²) in [5.74, 6) is 0.268. The van der Waals surface area contributed by atoms with Gasteiger partial charge in [0.1, 0.15) is 5.78 Å². The Kier molecular flexibility index (Phi) is 4.90. The van der Waals surface area contributed by atoms with E-state index in [0.29, 0.717) is 12.5 Å². The fourth-order valence-corrected chi connectivity index (χ4v) is 2.46. The Bertz CT molecular complexity index is 371. The summed E-state index contributed by atoms with van der Waals surface area (Å²) in [6.07, 6.45) is 1.55. The van der Waals surface area contributed by atoms with E-state index in [9.17, 15) is 4.79 Å². The molecule has 3 heteroatoms. The number of carbonyl (C=O) groups excluding carboxylic acids is 1. The summed E-state index contributed by atoms with van der Waals surface area (Å²) in [5.41, 5.74) is 1.31. The van der Waals surface area contributed by atoms with Crippen molar-refractivity contribution in [2.24, 2.45) is 0 Å². The number of hydrogen-bond acceptors (Lipinski definition) is 3. The van der Waals surface area contributed by atoms with Gasteiger partial charge in [-0.1, -0.05) is 30.3 Å². The molecule has 0 aliphatic carbocycles. The quantitative estimate of drug-likeness (QED) is 0.800. The molecule has 1 aromatic rings. The van der Waals surface area contributed by atoms with Crippen LogP contribution in [-0.4, -0.2) is 37.0 Å². The van der Waals surface area contributed by atoms with Crippen molar-refractivity contribution in [3.63, 3.8) is 0 Å². The van der Waals surface area contributed by atoms with Crippen LogP contribution in [-0.2, 0) is 9.53 Å². The highest BCUT2D eigenvalue weighted by Gasteiger charge is 2.22. The average molecular weight is 247 g/mol. The predicted molar refractivity (Wildman–Crippen MR) is 71.5 cm³/mol. The minimum atomic E-state index is 0.268. The highest BCUT2D eigenvalue weighted by atomic mass is 16.5. The van der Waals surface area contributed by atoms with E-state index >= 15 is 0 Å². The zero-order valence-electron chi connectivity index (χ0n) is 11.0. The number of ketones is 1. The molecule has 0 spiro atoms. The third-order valence-electron chi connectivity index (χ3n) is 3.44. The normalized spacial score (nSPS) is 18.5. The number of morpholine rings is 1. The number of benzene rings is 1. The first-order valence-corrected chi connectivity index (χ1v) is 6.63. The topological polar surface area (TPSA) is 29.5 Å². The Balaban J connectivity index is 2.08. The van der Waals surface area contributed by atoms with Crippen molar-refractivity contribution in [3.8, 4) is 0 Å². The van der Waals surface area contributed by atoms with Crippen LogP contribution in [0.2, 0.25) is 0 Å². The smallest absolute Gasteiger partial charge is 0.129 e. The molecule has 0 saturated carbocycles. The summed E-state index contributed by atoms with van der Waals surface area (Å²) in [6.45, 7) is 5.17. The van der Waals surface area contributed by atoms with E-state index in [1.165, 1.54) is 5.56 Å². The van der Waals surface area contributed by atoms with Gasteiger partial charge < -0.3 is 9.53 Å². The summed E-state index contributed by atoms with van der Waals surface area (Å²) in [4.78, 5) is 13.7. The minimum absolute atomic E-state index is 0.268. The third-order valence-corrected chi connectivity index (χ3v) is 3.44. The van der Waals surface area contributed by atoms with Crippen molar-refractivity contribution in [1.29, 1.82) is 0 Å². The highest BCUT2D eigenvalue weighted by molar-refractivity contribution is 5.75. The van der Waals surface area contributed by atoms with E-state index in [1.54, 1.807) is 6.92 Å². The van der Waals surface area contributed by atoms with E-state index in [4.69, 9.17) is 4.74 Å². The van der Waals surface area contributed by atoms with Gasteiger partial charge in [-0.25, -0.2) is 0 Å². The van der Waals surface area contributed by atoms with Crippen LogP contribution < -0.4 is 0 Å². The van der Waals surface area contributed by atoms with Gasteiger partial charge in [-0.2, -0.15) is 0 Å². The van der Waals surface area contributed by atoms with Crippen molar-refractivity contribution >= 4 is 5.78 Å². The molecule has 0 bridgehead atoms. The summed E-state index contributed by atoms with van der Waals surface area (Å²) < 4.78 is 5.40. The van der Waals surface area contributed by atoms with Gasteiger partial charge >= 0.3 is 0 Å². The van der Waals surface area contributed by atoms with Crippen molar-refractivity contribution in [2.75, 3.05) is 26.3 Å². The molecule has 98 valence electrons. The molecule has 0 radical (unpaired) electrons. The average Bonchev–Trinajstić information content (AvgIpc) is 2.41. The Morgan fingerprint density at radius 2 is 1.94 bits per heavy atom. The van der Waals surface area contributed by atoms with Crippen LogP contribution in [0, 0.1) is 0 Å². The molecular formula is C15H21NO2. The fourth-order valence-electron chi connectivity index (χ4n) is 2.46. The summed E-state index contributed by atoms with van der Waals surface area (Å²) >= 11 is 0. The van der Waals surface area contributed by atoms with E-state index in [-0.39, 0.29) is 5.78 Å². The zero-order valence-corrected chi connectivity index (χ0v) is 11.0. The largest absolute Gasteiger partial charge is 0.379 e. The maximum atomic E-state index is 11.2. The Hall–Kier alpha value is -1.19. The van der Waals surface area contributed by atoms with E-state index < -0.39 is 0 Å². The van der Waals surface area contributed by atoms with Crippen LogP contribution in [0.1, 0.15) is 31.4 Å². The molecule has 1 unspecified atom stereocenters. The lowest BCUT2D eigenvalue weighted by Gasteiger charge is -2.34. The Labute approximate surface area is 109 Å². The van der Waals surface area contributed by atoms with Crippen LogP contribution in [0.25, 0.3) is 0 Å². The van der Waals surface area contributed by atoms with Crippen LogP contribution in [0.15, 0.2) is 30.3 Å². The van der Waals surface area contributed by atoms with Crippen LogP contribution in [0.4, 0.5) is 0 Å². The van der Waals surface area contributed by atoms with Crippen LogP contribution >= 0.6 is 0 Å². The Morgan fingerprint density at radius 1 is 1.28 bits per heavy atom. The van der Waals surface area contributed by atoms with Gasteiger partial charge in [-0.15, -0.1) is 0 Å². The van der Waals surface area contributed by atoms with Crippen molar-refractivity contribution in [2.45, 2.75) is 25.8 Å². The fraction of sp³-hybridized carbons (Fsp3) is 0.533. The molecule has 2 rings (SSSR count). The SMILES string of the molecule is CC(=O)CCC(c1ccccc1)N1CCOCC1. The molecule has 0 N–H and O–H groups in total. The monoisotopic (exact) mass is 247 g/mol. The number of ether oxygens (including phenoxy) is 1. The molecule has 1 saturated heterocycles. The molecule has 0 aromatic heterocycles. The second-order valence-electron chi connectivity index (χ2n) is 4.82. The highest BCUT2D eigenvalue weighted by Crippen LogP contribution is 2.26. The number of carbonyl (C=O) groups is 1. The molecular weight excluding hydrogens is 226 g/mol. The standard InChI is InChI=1S/C15H21NO2/c1-13(17)7-8-15(14-5-3-2-4-6-14)16-9-11-18-12-10-16/h2-6,15H,7-12H2,1H3. The summed E-state index contributed by atoms with van der Waals surface area (Å²) in [7, 11) is 0. The van der Waals surface area contributed by atoms with Gasteiger partial charge in [-0.3, -0.25) is 4.90 Å². The molecule has 1 atom stereocenters. The number of rotatable bonds is 5. The summed E-state index contributed by atoms with van der Waals surface area (Å²) in [5, 5.41) is 0. The van der Waals surface area contributed by atoms with Crippen molar-refractivity contribution in [1.82, 2.24) is 4.90 Å². The second-order valence-corrected chi connectivity index (χ2v) is 4.82. The van der Waals surface area contributed by atoms with Crippen LogP contribution in [0.3, 0.4) is 0 Å². The van der Waals surface area contributed by atoms with Gasteiger partial charge in [-0.05, 0) is 18.9 Å². The molecule has 3 nitrogen and oxygen atoms in total. The van der Waals surface area contributed by atoms with Gasteiger partial charge in [0.05, 0.1) is 13.2 Å². The van der Waals surface area contributed by atoms with Crippen molar-refractivity contribution < 1.29 is 9.53 Å². The molecule has 1 aromatic carbocycles. The molecule has 0 amide bonds. The molecule has 18 heavy (non-hydrogen) atoms. The van der Waals surface area contributed by atoms with E-state index in [0.717, 1.165) is 32.7 Å². The zero-order chi connectivity index (χ0) is 12.8. The van der Waals surface area contributed by atoms with E-state index in [1.807, 2.05) is 6.07 Å². The number of nitrogens with zero attached hydrogens (tertiary/aromatic N) is 1.